The summed E-state index contributed by atoms with van der Waals surface area (Å²) in [5.74, 6) is -0.641. The molecule has 1 aromatic carbocycles. The molecule has 0 unspecified atom stereocenters. The summed E-state index contributed by atoms with van der Waals surface area (Å²) in [4.78, 5) is 11.9. The number of nitrogens with one attached hydrogen (secondary N) is 1. The summed E-state index contributed by atoms with van der Waals surface area (Å²) in [7, 11) is 0. The number of benzene rings is 1. The third kappa shape index (κ3) is 4.30. The fourth-order valence-electron chi connectivity index (χ4n) is 1.93. The summed E-state index contributed by atoms with van der Waals surface area (Å²) < 4.78 is 12.1. The van der Waals surface area contributed by atoms with E-state index in [0.717, 1.165) is 24.1 Å². The van der Waals surface area contributed by atoms with E-state index in [0.29, 0.717) is 18.5 Å². The lowest BCUT2D eigenvalue weighted by Crippen LogP contribution is -2.40. The Morgan fingerprint density at radius 3 is 2.58 bits per heavy atom. The number of carbonyl (C=O) groups is 1. The molecule has 5 heteroatoms. The molecule has 1 amide bonds. The Labute approximate surface area is 121 Å². The van der Waals surface area contributed by atoms with E-state index in [1.165, 1.54) is 0 Å². The van der Waals surface area contributed by atoms with Gasteiger partial charge in [-0.3, -0.25) is 4.79 Å². The number of ether oxygens (including phenoxy) is 2. The zero-order valence-corrected chi connectivity index (χ0v) is 12.5. The first-order valence-corrected chi connectivity index (χ1v) is 7.20. The van der Waals surface area contributed by atoms with Gasteiger partial charge in [0.05, 0.1) is 13.2 Å². The monoisotopic (exact) mass is 327 g/mol. The van der Waals surface area contributed by atoms with E-state index in [1.807, 2.05) is 19.1 Å². The quantitative estimate of drug-likeness (QED) is 0.924. The zero-order valence-electron chi connectivity index (χ0n) is 10.9. The second kappa shape index (κ2) is 6.50. The van der Waals surface area contributed by atoms with Crippen molar-refractivity contribution < 1.29 is 14.3 Å². The van der Waals surface area contributed by atoms with Crippen molar-refractivity contribution in [3.8, 4) is 0 Å². The highest BCUT2D eigenvalue weighted by Crippen LogP contribution is 2.21. The molecule has 1 heterocycles. The Balaban J connectivity index is 1.79. The van der Waals surface area contributed by atoms with Crippen LogP contribution < -0.4 is 5.32 Å². The Kier molecular flexibility index (Phi) is 4.96. The number of carbonyl (C=O) groups excluding carboxylic acids is 1. The molecule has 1 fully saturated rings. The number of hydrogen-bond donors (Lipinski definition) is 1. The minimum atomic E-state index is -0.564. The highest BCUT2D eigenvalue weighted by Gasteiger charge is 2.28. The van der Waals surface area contributed by atoms with Crippen LogP contribution in [0.3, 0.4) is 0 Å². The van der Waals surface area contributed by atoms with Crippen LogP contribution in [-0.2, 0) is 9.47 Å². The lowest BCUT2D eigenvalue weighted by atomic mass is 10.2. The van der Waals surface area contributed by atoms with Crippen LogP contribution in [0.4, 0.5) is 0 Å². The van der Waals surface area contributed by atoms with E-state index in [4.69, 9.17) is 9.47 Å². The van der Waals surface area contributed by atoms with Gasteiger partial charge in [0.1, 0.15) is 0 Å². The van der Waals surface area contributed by atoms with Gasteiger partial charge in [-0.15, -0.1) is 0 Å². The molecule has 1 aliphatic rings. The van der Waals surface area contributed by atoms with Crippen LogP contribution in [0, 0.1) is 0 Å². The molecule has 1 aromatic rings. The molecule has 0 bridgehead atoms. The maximum Gasteiger partial charge on any atom is 0.251 e. The summed E-state index contributed by atoms with van der Waals surface area (Å²) in [6.45, 7) is 3.89. The molecular weight excluding hydrogens is 310 g/mol. The van der Waals surface area contributed by atoms with Crippen molar-refractivity contribution in [2.75, 3.05) is 19.8 Å². The molecule has 0 aromatic heterocycles. The standard InChI is InChI=1S/C14H18BrNO3/c1-14(18-9-2-10-19-14)7-8-16-13(17)11-3-5-12(15)6-4-11/h3-6H,2,7-10H2,1H3,(H,16,17). The van der Waals surface area contributed by atoms with Crippen LogP contribution >= 0.6 is 15.9 Å². The largest absolute Gasteiger partial charge is 0.352 e. The average Bonchev–Trinajstić information content (AvgIpc) is 2.40. The highest BCUT2D eigenvalue weighted by atomic mass is 79.9. The van der Waals surface area contributed by atoms with Crippen molar-refractivity contribution >= 4 is 21.8 Å². The normalized spacial score (nSPS) is 18.0. The second-order valence-corrected chi connectivity index (χ2v) is 5.61. The highest BCUT2D eigenvalue weighted by molar-refractivity contribution is 9.10. The Morgan fingerprint density at radius 2 is 1.95 bits per heavy atom. The topological polar surface area (TPSA) is 47.6 Å². The summed E-state index contributed by atoms with van der Waals surface area (Å²) in [6, 6.07) is 7.27. The molecule has 104 valence electrons. The molecule has 1 saturated heterocycles. The van der Waals surface area contributed by atoms with Gasteiger partial charge >= 0.3 is 0 Å². The van der Waals surface area contributed by atoms with E-state index < -0.39 is 5.79 Å². The first-order chi connectivity index (χ1) is 9.09. The molecule has 2 rings (SSSR count). The van der Waals surface area contributed by atoms with Gasteiger partial charge in [-0.05, 0) is 37.6 Å². The van der Waals surface area contributed by atoms with Gasteiger partial charge in [-0.25, -0.2) is 0 Å². The van der Waals surface area contributed by atoms with Gasteiger partial charge in [0.25, 0.3) is 5.91 Å². The fourth-order valence-corrected chi connectivity index (χ4v) is 2.19. The molecule has 0 atom stereocenters. The van der Waals surface area contributed by atoms with Crippen molar-refractivity contribution in [3.63, 3.8) is 0 Å². The summed E-state index contributed by atoms with van der Waals surface area (Å²) >= 11 is 3.34. The second-order valence-electron chi connectivity index (χ2n) is 4.70. The minimum absolute atomic E-state index is 0.0769. The smallest absolute Gasteiger partial charge is 0.251 e. The minimum Gasteiger partial charge on any atom is -0.352 e. The van der Waals surface area contributed by atoms with Gasteiger partial charge in [0, 0.05) is 23.0 Å². The third-order valence-electron chi connectivity index (χ3n) is 3.07. The van der Waals surface area contributed by atoms with Crippen LogP contribution in [-0.4, -0.2) is 31.5 Å². The predicted octanol–water partition coefficient (Wildman–Crippen LogP) is 2.72. The first-order valence-electron chi connectivity index (χ1n) is 6.41. The molecule has 4 nitrogen and oxygen atoms in total. The Morgan fingerprint density at radius 1 is 1.32 bits per heavy atom. The lowest BCUT2D eigenvalue weighted by molar-refractivity contribution is -0.257. The summed E-state index contributed by atoms with van der Waals surface area (Å²) in [5.41, 5.74) is 0.652. The number of halogens is 1. The van der Waals surface area contributed by atoms with Gasteiger partial charge in [-0.2, -0.15) is 0 Å². The van der Waals surface area contributed by atoms with E-state index >= 15 is 0 Å². The number of amides is 1. The number of hydrogen-bond acceptors (Lipinski definition) is 3. The fraction of sp³-hybridized carbons (Fsp3) is 0.500. The molecule has 19 heavy (non-hydrogen) atoms. The molecule has 0 radical (unpaired) electrons. The molecule has 0 saturated carbocycles. The molecule has 1 aliphatic heterocycles. The van der Waals surface area contributed by atoms with Crippen molar-refractivity contribution in [1.29, 1.82) is 0 Å². The SMILES string of the molecule is CC1(CCNC(=O)c2ccc(Br)cc2)OCCCO1. The summed E-state index contributed by atoms with van der Waals surface area (Å²) in [6.07, 6.45) is 1.58. The Hall–Kier alpha value is -0.910. The summed E-state index contributed by atoms with van der Waals surface area (Å²) in [5, 5.41) is 2.88. The number of rotatable bonds is 4. The van der Waals surface area contributed by atoms with Gasteiger partial charge < -0.3 is 14.8 Å². The molecule has 0 spiro atoms. The van der Waals surface area contributed by atoms with Crippen molar-refractivity contribution in [3.05, 3.63) is 34.3 Å². The predicted molar refractivity (Wildman–Crippen MR) is 76.0 cm³/mol. The van der Waals surface area contributed by atoms with E-state index in [9.17, 15) is 4.79 Å². The van der Waals surface area contributed by atoms with Gasteiger partial charge in [-0.1, -0.05) is 15.9 Å². The van der Waals surface area contributed by atoms with Gasteiger partial charge in [0.2, 0.25) is 0 Å². The van der Waals surface area contributed by atoms with Crippen LogP contribution in [0.2, 0.25) is 0 Å². The van der Waals surface area contributed by atoms with Crippen LogP contribution in [0.1, 0.15) is 30.1 Å². The average molecular weight is 328 g/mol. The molecule has 1 N–H and O–H groups in total. The Bertz CT molecular complexity index is 427. The van der Waals surface area contributed by atoms with Crippen molar-refractivity contribution in [1.82, 2.24) is 5.32 Å². The molecule has 0 aliphatic carbocycles. The van der Waals surface area contributed by atoms with E-state index in [-0.39, 0.29) is 5.91 Å². The van der Waals surface area contributed by atoms with Crippen LogP contribution in [0.15, 0.2) is 28.7 Å². The maximum atomic E-state index is 11.9. The van der Waals surface area contributed by atoms with Crippen molar-refractivity contribution in [2.24, 2.45) is 0 Å². The van der Waals surface area contributed by atoms with E-state index in [1.54, 1.807) is 12.1 Å². The van der Waals surface area contributed by atoms with Crippen LogP contribution in [0.5, 0.6) is 0 Å². The maximum absolute atomic E-state index is 11.9. The van der Waals surface area contributed by atoms with Crippen molar-refractivity contribution in [2.45, 2.75) is 25.6 Å². The van der Waals surface area contributed by atoms with Gasteiger partial charge in [0.15, 0.2) is 5.79 Å². The zero-order chi connectivity index (χ0) is 13.7. The van der Waals surface area contributed by atoms with E-state index in [2.05, 4.69) is 21.2 Å². The van der Waals surface area contributed by atoms with Crippen LogP contribution in [0.25, 0.3) is 0 Å². The third-order valence-corrected chi connectivity index (χ3v) is 3.60. The molecular formula is C14H18BrNO3. The lowest BCUT2D eigenvalue weighted by Gasteiger charge is -2.33. The first kappa shape index (κ1) is 14.5.